The fourth-order valence-electron chi connectivity index (χ4n) is 2.95. The minimum Gasteiger partial charge on any atom is -0.339 e. The van der Waals surface area contributed by atoms with Crippen LogP contribution in [0.3, 0.4) is 0 Å². The Hall–Kier alpha value is -2.36. The predicted molar refractivity (Wildman–Crippen MR) is 86.9 cm³/mol. The van der Waals surface area contributed by atoms with Crippen molar-refractivity contribution in [2.45, 2.75) is 31.3 Å². The van der Waals surface area contributed by atoms with E-state index in [1.165, 1.54) is 0 Å². The van der Waals surface area contributed by atoms with Gasteiger partial charge in [0, 0.05) is 71.3 Å². The van der Waals surface area contributed by atoms with Gasteiger partial charge in [-0.25, -0.2) is 4.98 Å². The lowest BCUT2D eigenvalue weighted by molar-refractivity contribution is -0.131. The van der Waals surface area contributed by atoms with Crippen LogP contribution in [0.4, 0.5) is 5.95 Å². The van der Waals surface area contributed by atoms with Gasteiger partial charge in [0.05, 0.1) is 0 Å². The fourth-order valence-corrected chi connectivity index (χ4v) is 2.95. The summed E-state index contributed by atoms with van der Waals surface area (Å²) in [4.78, 5) is 20.9. The fraction of sp³-hybridized carbons (Fsp3) is 0.625. The van der Waals surface area contributed by atoms with Crippen molar-refractivity contribution in [1.82, 2.24) is 14.5 Å². The Kier molecular flexibility index (Phi) is 4.33. The van der Waals surface area contributed by atoms with E-state index >= 15 is 0 Å². The van der Waals surface area contributed by atoms with Gasteiger partial charge in [-0.2, -0.15) is 10.2 Å². The maximum Gasteiger partial charge on any atom is 0.222 e. The molecule has 1 amide bonds. The highest BCUT2D eigenvalue weighted by molar-refractivity contribution is 5.76. The number of anilines is 1. The molecule has 7 nitrogen and oxygen atoms in total. The smallest absolute Gasteiger partial charge is 0.222 e. The van der Waals surface area contributed by atoms with Crippen molar-refractivity contribution in [3.8, 4) is 12.3 Å². The summed E-state index contributed by atoms with van der Waals surface area (Å²) in [6, 6.07) is 0. The number of hydrogen-bond acceptors (Lipinski definition) is 5. The number of carbonyl (C=O) groups excluding carboxylic acids is 1. The van der Waals surface area contributed by atoms with E-state index in [1.54, 1.807) is 6.20 Å². The number of aromatic nitrogens is 2. The van der Waals surface area contributed by atoms with Crippen LogP contribution in [0.15, 0.2) is 22.6 Å². The maximum absolute atomic E-state index is 12.4. The monoisotopic (exact) mass is 314 g/mol. The first-order valence-corrected chi connectivity index (χ1v) is 8.01. The lowest BCUT2D eigenvalue weighted by atomic mass is 10.0. The lowest BCUT2D eigenvalue weighted by Crippen LogP contribution is -2.49. The molecule has 1 aromatic heterocycles. The standard InChI is InChI=1S/C16H22N6O/c1-3-4-6-16(18-19-16)7-5-14(23)21-10-12-22(13-11-21)15-17-8-9-20(15)2/h1,8-9H,4-7,10-13H2,2H3. The molecule has 0 N–H and O–H groups in total. The molecule has 0 bridgehead atoms. The van der Waals surface area contributed by atoms with Crippen LogP contribution in [0, 0.1) is 12.3 Å². The van der Waals surface area contributed by atoms with Crippen LogP contribution in [0.2, 0.25) is 0 Å². The molecule has 1 fully saturated rings. The topological polar surface area (TPSA) is 66.1 Å². The van der Waals surface area contributed by atoms with Crippen LogP contribution >= 0.6 is 0 Å². The van der Waals surface area contributed by atoms with E-state index in [4.69, 9.17) is 6.42 Å². The molecule has 0 aromatic carbocycles. The highest BCUT2D eigenvalue weighted by atomic mass is 16.2. The second-order valence-corrected chi connectivity index (χ2v) is 6.09. The maximum atomic E-state index is 12.4. The minimum atomic E-state index is -0.364. The van der Waals surface area contributed by atoms with Crippen LogP contribution in [-0.2, 0) is 11.8 Å². The quantitative estimate of drug-likeness (QED) is 0.746. The Bertz CT molecular complexity index is 629. The Morgan fingerprint density at radius 3 is 2.61 bits per heavy atom. The summed E-state index contributed by atoms with van der Waals surface area (Å²) < 4.78 is 2.00. The van der Waals surface area contributed by atoms with Gasteiger partial charge in [0.15, 0.2) is 5.66 Å². The van der Waals surface area contributed by atoms with E-state index in [0.717, 1.165) is 38.5 Å². The summed E-state index contributed by atoms with van der Waals surface area (Å²) >= 11 is 0. The van der Waals surface area contributed by atoms with Gasteiger partial charge in [0.2, 0.25) is 11.9 Å². The predicted octanol–water partition coefficient (Wildman–Crippen LogP) is 1.42. The second-order valence-electron chi connectivity index (χ2n) is 6.09. The molecular weight excluding hydrogens is 292 g/mol. The van der Waals surface area contributed by atoms with E-state index in [1.807, 2.05) is 22.7 Å². The van der Waals surface area contributed by atoms with Gasteiger partial charge in [0.1, 0.15) is 0 Å². The Labute approximate surface area is 136 Å². The van der Waals surface area contributed by atoms with Crippen molar-refractivity contribution in [3.63, 3.8) is 0 Å². The Balaban J connectivity index is 1.44. The number of piperazine rings is 1. The molecule has 2 aliphatic rings. The van der Waals surface area contributed by atoms with Crippen molar-refractivity contribution >= 4 is 11.9 Å². The van der Waals surface area contributed by atoms with Gasteiger partial charge < -0.3 is 14.4 Å². The molecule has 122 valence electrons. The normalized spacial score (nSPS) is 18.8. The van der Waals surface area contributed by atoms with Crippen LogP contribution in [0.1, 0.15) is 25.7 Å². The third-order valence-electron chi connectivity index (χ3n) is 4.50. The van der Waals surface area contributed by atoms with Crippen molar-refractivity contribution in [2.75, 3.05) is 31.1 Å². The number of hydrogen-bond donors (Lipinski definition) is 0. The molecular formula is C16H22N6O. The summed E-state index contributed by atoms with van der Waals surface area (Å²) in [5.74, 6) is 3.75. The van der Waals surface area contributed by atoms with E-state index in [9.17, 15) is 4.79 Å². The van der Waals surface area contributed by atoms with Gasteiger partial charge >= 0.3 is 0 Å². The third kappa shape index (κ3) is 3.52. The van der Waals surface area contributed by atoms with Crippen LogP contribution in [-0.4, -0.2) is 52.2 Å². The molecule has 3 heterocycles. The molecule has 3 rings (SSSR count). The van der Waals surface area contributed by atoms with E-state index in [0.29, 0.717) is 19.3 Å². The molecule has 2 aliphatic heterocycles. The zero-order valence-corrected chi connectivity index (χ0v) is 13.5. The molecule has 0 atom stereocenters. The zero-order valence-electron chi connectivity index (χ0n) is 13.5. The van der Waals surface area contributed by atoms with Crippen molar-refractivity contribution in [2.24, 2.45) is 17.3 Å². The van der Waals surface area contributed by atoms with Crippen LogP contribution < -0.4 is 4.90 Å². The molecule has 1 aromatic rings. The van der Waals surface area contributed by atoms with Crippen molar-refractivity contribution < 1.29 is 4.79 Å². The van der Waals surface area contributed by atoms with Crippen molar-refractivity contribution in [1.29, 1.82) is 0 Å². The first kappa shape index (κ1) is 15.5. The Morgan fingerprint density at radius 2 is 2.04 bits per heavy atom. The summed E-state index contributed by atoms with van der Waals surface area (Å²) in [5.41, 5.74) is -0.364. The molecule has 0 spiro atoms. The highest BCUT2D eigenvalue weighted by Crippen LogP contribution is 2.37. The number of amides is 1. The lowest BCUT2D eigenvalue weighted by Gasteiger charge is -2.35. The first-order valence-electron chi connectivity index (χ1n) is 8.01. The number of imidazole rings is 1. The highest BCUT2D eigenvalue weighted by Gasteiger charge is 2.39. The molecule has 23 heavy (non-hydrogen) atoms. The van der Waals surface area contributed by atoms with Gasteiger partial charge in [0.25, 0.3) is 0 Å². The molecule has 0 saturated carbocycles. The number of aryl methyl sites for hydroxylation is 1. The Morgan fingerprint density at radius 1 is 1.30 bits per heavy atom. The van der Waals surface area contributed by atoms with Crippen molar-refractivity contribution in [3.05, 3.63) is 12.4 Å². The largest absolute Gasteiger partial charge is 0.339 e. The molecule has 0 unspecified atom stereocenters. The number of nitrogens with zero attached hydrogens (tertiary/aromatic N) is 6. The average Bonchev–Trinajstić information content (AvgIpc) is 3.23. The minimum absolute atomic E-state index is 0.182. The third-order valence-corrected chi connectivity index (χ3v) is 4.50. The summed E-state index contributed by atoms with van der Waals surface area (Å²) in [6.45, 7) is 3.09. The zero-order chi connectivity index (χ0) is 16.3. The number of carbonyl (C=O) groups is 1. The van der Waals surface area contributed by atoms with Crippen LogP contribution in [0.5, 0.6) is 0 Å². The van der Waals surface area contributed by atoms with Gasteiger partial charge in [-0.3, -0.25) is 4.79 Å². The summed E-state index contributed by atoms with van der Waals surface area (Å²) in [5, 5.41) is 8.17. The number of rotatable bonds is 6. The molecule has 1 saturated heterocycles. The summed E-state index contributed by atoms with van der Waals surface area (Å²) in [7, 11) is 1.98. The molecule has 7 heteroatoms. The summed E-state index contributed by atoms with van der Waals surface area (Å²) in [6.07, 6.45) is 11.6. The number of terminal acetylenes is 1. The van der Waals surface area contributed by atoms with Gasteiger partial charge in [-0.15, -0.1) is 12.3 Å². The average molecular weight is 314 g/mol. The molecule has 0 aliphatic carbocycles. The van der Waals surface area contributed by atoms with E-state index < -0.39 is 0 Å². The first-order chi connectivity index (χ1) is 11.1. The second kappa shape index (κ2) is 6.41. The molecule has 0 radical (unpaired) electrons. The van der Waals surface area contributed by atoms with Gasteiger partial charge in [-0.1, -0.05) is 0 Å². The van der Waals surface area contributed by atoms with Crippen LogP contribution in [0.25, 0.3) is 0 Å². The van der Waals surface area contributed by atoms with Gasteiger partial charge in [-0.05, 0) is 0 Å². The SMILES string of the molecule is C#CCCC1(CCC(=O)N2CCN(c3nccn3C)CC2)N=N1. The van der Waals surface area contributed by atoms with E-state index in [-0.39, 0.29) is 11.6 Å². The van der Waals surface area contributed by atoms with E-state index in [2.05, 4.69) is 26.0 Å².